The number of allylic oxidation sites excluding steroid dienone is 1. The maximum Gasteiger partial charge on any atom is 0.172 e. The number of rotatable bonds is 5. The van der Waals surface area contributed by atoms with Gasteiger partial charge in [0, 0.05) is 23.7 Å². The second-order valence-corrected chi connectivity index (χ2v) is 7.34. The maximum atomic E-state index is 4.87. The number of aromatic nitrogens is 6. The van der Waals surface area contributed by atoms with Crippen molar-refractivity contribution in [2.24, 2.45) is 0 Å². The van der Waals surface area contributed by atoms with Gasteiger partial charge in [0.2, 0.25) is 0 Å². The van der Waals surface area contributed by atoms with Crippen LogP contribution in [-0.4, -0.2) is 29.5 Å². The Labute approximate surface area is 169 Å². The van der Waals surface area contributed by atoms with Crippen LogP contribution in [0.15, 0.2) is 60.9 Å². The van der Waals surface area contributed by atoms with Gasteiger partial charge in [0.1, 0.15) is 6.54 Å². The molecule has 6 nitrogen and oxygen atoms in total. The zero-order valence-corrected chi connectivity index (χ0v) is 16.4. The first-order valence-electron chi connectivity index (χ1n) is 9.88. The summed E-state index contributed by atoms with van der Waals surface area (Å²) in [6.45, 7) is 3.13. The van der Waals surface area contributed by atoms with E-state index < -0.39 is 0 Å². The van der Waals surface area contributed by atoms with E-state index in [-0.39, 0.29) is 0 Å². The Balaban J connectivity index is 1.55. The molecular weight excluding hydrogens is 360 g/mol. The molecule has 0 fully saturated rings. The lowest BCUT2D eigenvalue weighted by molar-refractivity contribution is 0.622. The molecule has 6 heteroatoms. The summed E-state index contributed by atoms with van der Waals surface area (Å²) in [5, 5.41) is 9.07. The van der Waals surface area contributed by atoms with Crippen LogP contribution < -0.4 is 0 Å². The molecule has 1 aromatic carbocycles. The third kappa shape index (κ3) is 3.74. The normalized spacial score (nSPS) is 12.9. The summed E-state index contributed by atoms with van der Waals surface area (Å²) in [6, 6.07) is 14.5. The van der Waals surface area contributed by atoms with Crippen molar-refractivity contribution in [3.63, 3.8) is 0 Å². The van der Waals surface area contributed by atoms with E-state index in [9.17, 15) is 0 Å². The summed E-state index contributed by atoms with van der Waals surface area (Å²) in [5.74, 6) is 1.61. The predicted molar refractivity (Wildman–Crippen MR) is 112 cm³/mol. The molecule has 0 saturated carbocycles. The van der Waals surface area contributed by atoms with Crippen molar-refractivity contribution in [2.75, 3.05) is 0 Å². The van der Waals surface area contributed by atoms with Crippen molar-refractivity contribution in [1.82, 2.24) is 29.5 Å². The smallest absolute Gasteiger partial charge is 0.172 e. The quantitative estimate of drug-likeness (QED) is 0.525. The first-order valence-corrected chi connectivity index (χ1v) is 9.88. The molecule has 0 amide bonds. The van der Waals surface area contributed by atoms with Gasteiger partial charge in [0.25, 0.3) is 0 Å². The van der Waals surface area contributed by atoms with Crippen LogP contribution in [0.3, 0.4) is 0 Å². The number of pyridine rings is 1. The summed E-state index contributed by atoms with van der Waals surface area (Å²) < 4.78 is 3.80. The largest absolute Gasteiger partial charge is 0.265 e. The molecule has 3 aromatic heterocycles. The molecule has 0 saturated heterocycles. The highest BCUT2D eigenvalue weighted by Crippen LogP contribution is 2.26. The Hall–Kier alpha value is -3.54. The Kier molecular flexibility index (Phi) is 4.52. The first-order chi connectivity index (χ1) is 14.2. The number of hydrogen-bond donors (Lipinski definition) is 0. The highest BCUT2D eigenvalue weighted by atomic mass is 15.4. The molecule has 1 aliphatic rings. The van der Waals surface area contributed by atoms with Crippen LogP contribution in [0.1, 0.15) is 34.8 Å². The van der Waals surface area contributed by atoms with Gasteiger partial charge in [-0.05, 0) is 55.2 Å². The van der Waals surface area contributed by atoms with Crippen molar-refractivity contribution >= 4 is 6.08 Å². The van der Waals surface area contributed by atoms with Crippen molar-refractivity contribution < 1.29 is 0 Å². The van der Waals surface area contributed by atoms with Crippen molar-refractivity contribution in [3.8, 4) is 11.4 Å². The van der Waals surface area contributed by atoms with Gasteiger partial charge in [-0.3, -0.25) is 9.67 Å². The minimum Gasteiger partial charge on any atom is -0.265 e. The molecule has 0 bridgehead atoms. The molecule has 0 spiro atoms. The van der Waals surface area contributed by atoms with Crippen LogP contribution >= 0.6 is 0 Å². The third-order valence-electron chi connectivity index (χ3n) is 5.11. The van der Waals surface area contributed by atoms with E-state index in [1.807, 2.05) is 46.7 Å². The van der Waals surface area contributed by atoms with Crippen molar-refractivity contribution in [3.05, 3.63) is 89.3 Å². The maximum absolute atomic E-state index is 4.87. The monoisotopic (exact) mass is 382 g/mol. The van der Waals surface area contributed by atoms with Gasteiger partial charge in [0.15, 0.2) is 11.6 Å². The van der Waals surface area contributed by atoms with E-state index in [1.54, 1.807) is 6.20 Å². The fraction of sp³-hybridized carbons (Fsp3) is 0.217. The molecule has 1 aliphatic carbocycles. The van der Waals surface area contributed by atoms with Crippen LogP contribution in [0.2, 0.25) is 0 Å². The summed E-state index contributed by atoms with van der Waals surface area (Å²) in [5.41, 5.74) is 5.72. The van der Waals surface area contributed by atoms with Crippen LogP contribution in [0.5, 0.6) is 0 Å². The molecule has 0 aliphatic heterocycles. The number of fused-ring (bicyclic) bond motifs is 1. The second-order valence-electron chi connectivity index (χ2n) is 7.34. The van der Waals surface area contributed by atoms with E-state index in [0.717, 1.165) is 41.4 Å². The third-order valence-corrected chi connectivity index (χ3v) is 5.11. The van der Waals surface area contributed by atoms with Crippen LogP contribution in [0, 0.1) is 6.92 Å². The Morgan fingerprint density at radius 3 is 2.86 bits per heavy atom. The minimum absolute atomic E-state index is 0.544. The lowest BCUT2D eigenvalue weighted by Crippen LogP contribution is -2.07. The molecular formula is C23H22N6. The molecule has 4 aromatic rings. The molecule has 144 valence electrons. The molecule has 29 heavy (non-hydrogen) atoms. The first kappa shape index (κ1) is 17.6. The molecule has 3 heterocycles. The van der Waals surface area contributed by atoms with Gasteiger partial charge < -0.3 is 0 Å². The van der Waals surface area contributed by atoms with Crippen molar-refractivity contribution in [1.29, 1.82) is 0 Å². The molecule has 0 atom stereocenters. The number of nitrogens with zero attached hydrogens (tertiary/aromatic N) is 6. The predicted octanol–water partition coefficient (Wildman–Crippen LogP) is 3.90. The van der Waals surface area contributed by atoms with Gasteiger partial charge in [0.05, 0.1) is 12.2 Å². The van der Waals surface area contributed by atoms with Crippen LogP contribution in [0.4, 0.5) is 0 Å². The Bertz CT molecular complexity index is 1170. The Morgan fingerprint density at radius 1 is 1.03 bits per heavy atom. The molecule has 0 radical (unpaired) electrons. The highest BCUT2D eigenvalue weighted by Gasteiger charge is 2.15. The average Bonchev–Trinajstić information content (AvgIpc) is 3.38. The van der Waals surface area contributed by atoms with Gasteiger partial charge in [-0.15, -0.1) is 0 Å². The summed E-state index contributed by atoms with van der Waals surface area (Å²) in [6.07, 6.45) is 10.3. The molecule has 5 rings (SSSR count). The zero-order valence-electron chi connectivity index (χ0n) is 16.4. The SMILES string of the molecule is Cc1cccc(Cn2nc(Cn3cccn3)nc2-c2ccc3c(c2)CCC=C3)n1. The van der Waals surface area contributed by atoms with Crippen molar-refractivity contribution in [2.45, 2.75) is 32.9 Å². The van der Waals surface area contributed by atoms with Crippen LogP contribution in [0.25, 0.3) is 17.5 Å². The van der Waals surface area contributed by atoms with E-state index in [0.29, 0.717) is 13.1 Å². The van der Waals surface area contributed by atoms with Gasteiger partial charge in [-0.1, -0.05) is 30.4 Å². The minimum atomic E-state index is 0.544. The fourth-order valence-electron chi connectivity index (χ4n) is 3.73. The number of aryl methyl sites for hydroxylation is 2. The lowest BCUT2D eigenvalue weighted by atomic mass is 9.95. The molecule has 0 unspecified atom stereocenters. The summed E-state index contributed by atoms with van der Waals surface area (Å²) in [4.78, 5) is 9.51. The number of benzene rings is 1. The van der Waals surface area contributed by atoms with E-state index in [1.165, 1.54) is 11.1 Å². The van der Waals surface area contributed by atoms with Gasteiger partial charge >= 0.3 is 0 Å². The highest BCUT2D eigenvalue weighted by molar-refractivity contribution is 5.64. The summed E-state index contributed by atoms with van der Waals surface area (Å²) in [7, 11) is 0. The van der Waals surface area contributed by atoms with E-state index in [4.69, 9.17) is 10.1 Å². The van der Waals surface area contributed by atoms with Crippen LogP contribution in [-0.2, 0) is 19.5 Å². The van der Waals surface area contributed by atoms with Gasteiger partial charge in [-0.25, -0.2) is 9.67 Å². The molecule has 0 N–H and O–H groups in total. The van der Waals surface area contributed by atoms with Gasteiger partial charge in [-0.2, -0.15) is 10.2 Å². The lowest BCUT2D eigenvalue weighted by Gasteiger charge is -2.12. The number of hydrogen-bond acceptors (Lipinski definition) is 4. The summed E-state index contributed by atoms with van der Waals surface area (Å²) >= 11 is 0. The fourth-order valence-corrected chi connectivity index (χ4v) is 3.73. The average molecular weight is 382 g/mol. The van der Waals surface area contributed by atoms with E-state index in [2.05, 4.69) is 40.4 Å². The topological polar surface area (TPSA) is 61.4 Å². The second kappa shape index (κ2) is 7.47. The zero-order chi connectivity index (χ0) is 19.6. The standard InChI is InChI=1S/C23H22N6/c1-17-6-4-9-21(25-17)15-29-23(26-22(27-29)16-28-13-5-12-24-28)20-11-10-18-7-2-3-8-19(18)14-20/h2,4-7,9-14H,3,8,15-16H2,1H3. The Morgan fingerprint density at radius 2 is 2.00 bits per heavy atom. The van der Waals surface area contributed by atoms with E-state index >= 15 is 0 Å².